The van der Waals surface area contributed by atoms with Gasteiger partial charge in [-0.1, -0.05) is 13.8 Å². The summed E-state index contributed by atoms with van der Waals surface area (Å²) in [6.07, 6.45) is 3.70. The number of aromatic nitrogens is 4. The van der Waals surface area contributed by atoms with Crippen molar-refractivity contribution in [3.8, 4) is 0 Å². The van der Waals surface area contributed by atoms with Crippen molar-refractivity contribution in [2.45, 2.75) is 57.4 Å². The summed E-state index contributed by atoms with van der Waals surface area (Å²) in [5.74, 6) is 2.18. The Hall–Kier alpha value is -0.620. The van der Waals surface area contributed by atoms with E-state index < -0.39 is 0 Å². The Balaban J connectivity index is 2.03. The second kappa shape index (κ2) is 6.52. The third kappa shape index (κ3) is 3.03. The van der Waals surface area contributed by atoms with E-state index in [9.17, 15) is 0 Å². The average molecular weight is 269 g/mol. The highest BCUT2D eigenvalue weighted by atomic mass is 32.2. The molecular weight excluding hydrogens is 246 g/mol. The van der Waals surface area contributed by atoms with Gasteiger partial charge in [-0.15, -0.1) is 5.10 Å². The van der Waals surface area contributed by atoms with E-state index in [0.717, 1.165) is 17.6 Å². The van der Waals surface area contributed by atoms with E-state index >= 15 is 0 Å². The second-order valence-electron chi connectivity index (χ2n) is 4.81. The lowest BCUT2D eigenvalue weighted by Crippen LogP contribution is -2.23. The van der Waals surface area contributed by atoms with Gasteiger partial charge in [-0.3, -0.25) is 0 Å². The van der Waals surface area contributed by atoms with Crippen molar-refractivity contribution in [3.63, 3.8) is 0 Å². The van der Waals surface area contributed by atoms with E-state index in [0.29, 0.717) is 6.04 Å². The van der Waals surface area contributed by atoms with E-state index in [1.165, 1.54) is 25.0 Å². The van der Waals surface area contributed by atoms with Crippen LogP contribution < -0.4 is 5.32 Å². The number of hydrogen-bond donors (Lipinski definition) is 1. The summed E-state index contributed by atoms with van der Waals surface area (Å²) in [6.45, 7) is 7.40. The number of hydrogen-bond acceptors (Lipinski definition) is 5. The number of nitrogens with zero attached hydrogens (tertiary/aromatic N) is 4. The van der Waals surface area contributed by atoms with Gasteiger partial charge in [-0.05, 0) is 48.9 Å². The number of nitrogens with one attached hydrogen (secondary N) is 1. The van der Waals surface area contributed by atoms with Crippen LogP contribution in [0.2, 0.25) is 0 Å². The van der Waals surface area contributed by atoms with Gasteiger partial charge >= 0.3 is 0 Å². The monoisotopic (exact) mass is 269 g/mol. The molecule has 0 spiro atoms. The molecule has 102 valence electrons. The normalized spacial score (nSPS) is 25.5. The Kier molecular flexibility index (Phi) is 5.00. The van der Waals surface area contributed by atoms with Crippen molar-refractivity contribution in [1.29, 1.82) is 0 Å². The number of tetrazole rings is 1. The molecular formula is C12H23N5S. The Labute approximate surface area is 113 Å². The third-order valence-corrected chi connectivity index (χ3v) is 4.75. The molecule has 1 aliphatic rings. The Bertz CT molecular complexity index is 367. The fraction of sp³-hybridized carbons (Fsp3) is 0.917. The summed E-state index contributed by atoms with van der Waals surface area (Å²) in [6, 6.07) is 0.711. The van der Waals surface area contributed by atoms with Gasteiger partial charge in [-0.2, -0.15) is 11.8 Å². The first-order chi connectivity index (χ1) is 8.76. The highest BCUT2D eigenvalue weighted by Crippen LogP contribution is 2.37. The predicted molar refractivity (Wildman–Crippen MR) is 74.7 cm³/mol. The molecule has 1 saturated carbocycles. The summed E-state index contributed by atoms with van der Waals surface area (Å²) in [5, 5.41) is 16.4. The van der Waals surface area contributed by atoms with Crippen LogP contribution in [0.3, 0.4) is 0 Å². The summed E-state index contributed by atoms with van der Waals surface area (Å²) in [4.78, 5) is 0. The molecule has 0 saturated heterocycles. The van der Waals surface area contributed by atoms with Gasteiger partial charge in [0.25, 0.3) is 0 Å². The highest BCUT2D eigenvalue weighted by molar-refractivity contribution is 7.99. The molecule has 5 nitrogen and oxygen atoms in total. The molecule has 6 heteroatoms. The first kappa shape index (κ1) is 13.8. The molecule has 0 bridgehead atoms. The van der Waals surface area contributed by atoms with Crippen LogP contribution in [0.25, 0.3) is 0 Å². The maximum absolute atomic E-state index is 4.20. The molecule has 0 radical (unpaired) electrons. The molecule has 1 fully saturated rings. The van der Waals surface area contributed by atoms with Gasteiger partial charge < -0.3 is 5.32 Å². The lowest BCUT2D eigenvalue weighted by atomic mass is 10.2. The molecule has 3 unspecified atom stereocenters. The molecule has 1 heterocycles. The van der Waals surface area contributed by atoms with Crippen molar-refractivity contribution < 1.29 is 0 Å². The zero-order valence-corrected chi connectivity index (χ0v) is 12.3. The Morgan fingerprint density at radius 3 is 3.00 bits per heavy atom. The molecule has 1 aromatic rings. The van der Waals surface area contributed by atoms with Gasteiger partial charge in [0.15, 0.2) is 5.82 Å². The molecule has 2 rings (SSSR count). The van der Waals surface area contributed by atoms with E-state index in [1.807, 2.05) is 4.68 Å². The van der Waals surface area contributed by atoms with E-state index in [4.69, 9.17) is 0 Å². The first-order valence-electron chi connectivity index (χ1n) is 6.89. The predicted octanol–water partition coefficient (Wildman–Crippen LogP) is 2.19. The maximum Gasteiger partial charge on any atom is 0.168 e. The molecule has 1 N–H and O–H groups in total. The zero-order chi connectivity index (χ0) is 13.0. The van der Waals surface area contributed by atoms with Crippen molar-refractivity contribution in [1.82, 2.24) is 25.5 Å². The molecule has 3 atom stereocenters. The largest absolute Gasteiger partial charge is 0.308 e. The molecule has 0 aliphatic heterocycles. The minimum Gasteiger partial charge on any atom is -0.308 e. The van der Waals surface area contributed by atoms with Crippen molar-refractivity contribution >= 4 is 11.8 Å². The van der Waals surface area contributed by atoms with Crippen LogP contribution in [-0.4, -0.2) is 37.8 Å². The van der Waals surface area contributed by atoms with Gasteiger partial charge in [0, 0.05) is 5.25 Å². The van der Waals surface area contributed by atoms with Crippen LogP contribution in [0.5, 0.6) is 0 Å². The topological polar surface area (TPSA) is 55.6 Å². The van der Waals surface area contributed by atoms with Crippen LogP contribution in [0.1, 0.15) is 57.9 Å². The van der Waals surface area contributed by atoms with E-state index in [-0.39, 0.29) is 6.04 Å². The van der Waals surface area contributed by atoms with Gasteiger partial charge in [0.1, 0.15) is 0 Å². The number of thioether (sulfide) groups is 1. The summed E-state index contributed by atoms with van der Waals surface area (Å²) < 4.78 is 2.05. The van der Waals surface area contributed by atoms with Crippen molar-refractivity contribution in [2.24, 2.45) is 0 Å². The van der Waals surface area contributed by atoms with Crippen LogP contribution in [0.4, 0.5) is 0 Å². The van der Waals surface area contributed by atoms with Crippen LogP contribution in [0.15, 0.2) is 0 Å². The minimum atomic E-state index is 0.225. The lowest BCUT2D eigenvalue weighted by Gasteiger charge is -2.16. The first-order valence-corrected chi connectivity index (χ1v) is 7.93. The lowest BCUT2D eigenvalue weighted by molar-refractivity contribution is 0.414. The maximum atomic E-state index is 4.20. The molecule has 1 aromatic heterocycles. The second-order valence-corrected chi connectivity index (χ2v) is 6.38. The van der Waals surface area contributed by atoms with Crippen LogP contribution in [-0.2, 0) is 0 Å². The SMILES string of the molecule is CCNC(C)c1nnnn1C1CCC(SCC)C1. The van der Waals surface area contributed by atoms with Crippen molar-refractivity contribution in [2.75, 3.05) is 12.3 Å². The minimum absolute atomic E-state index is 0.225. The standard InChI is InChI=1S/C12H23N5S/c1-4-13-9(3)12-14-15-16-17(12)10-6-7-11(8-10)18-5-2/h9-11,13H,4-8H2,1-3H3. The summed E-state index contributed by atoms with van der Waals surface area (Å²) in [5.41, 5.74) is 0. The van der Waals surface area contributed by atoms with E-state index in [2.05, 4.69) is 53.4 Å². The Morgan fingerprint density at radius 1 is 1.44 bits per heavy atom. The van der Waals surface area contributed by atoms with Crippen molar-refractivity contribution in [3.05, 3.63) is 5.82 Å². The van der Waals surface area contributed by atoms with Crippen LogP contribution in [0, 0.1) is 0 Å². The fourth-order valence-corrected chi connectivity index (χ4v) is 3.80. The number of rotatable bonds is 6. The molecule has 1 aliphatic carbocycles. The fourth-order valence-electron chi connectivity index (χ4n) is 2.67. The smallest absolute Gasteiger partial charge is 0.168 e. The van der Waals surface area contributed by atoms with Crippen LogP contribution >= 0.6 is 11.8 Å². The van der Waals surface area contributed by atoms with Gasteiger partial charge in [0.2, 0.25) is 0 Å². The van der Waals surface area contributed by atoms with Gasteiger partial charge in [0.05, 0.1) is 12.1 Å². The zero-order valence-electron chi connectivity index (χ0n) is 11.5. The Morgan fingerprint density at radius 2 is 2.28 bits per heavy atom. The summed E-state index contributed by atoms with van der Waals surface area (Å²) in [7, 11) is 0. The molecule has 0 aromatic carbocycles. The molecule has 18 heavy (non-hydrogen) atoms. The van der Waals surface area contributed by atoms with E-state index in [1.54, 1.807) is 0 Å². The highest BCUT2D eigenvalue weighted by Gasteiger charge is 2.29. The summed E-state index contributed by atoms with van der Waals surface area (Å²) >= 11 is 2.07. The quantitative estimate of drug-likeness (QED) is 0.858. The van der Waals surface area contributed by atoms with Gasteiger partial charge in [-0.25, -0.2) is 4.68 Å². The average Bonchev–Trinajstić information content (AvgIpc) is 2.96. The molecule has 0 amide bonds. The third-order valence-electron chi connectivity index (χ3n) is 3.52.